The molecule has 1 N–H and O–H groups in total. The van der Waals surface area contributed by atoms with E-state index >= 15 is 0 Å². The van der Waals surface area contributed by atoms with Gasteiger partial charge in [0.15, 0.2) is 12.7 Å². The molecule has 0 unspecified atom stereocenters. The predicted octanol–water partition coefficient (Wildman–Crippen LogP) is -2.11. The molecule has 0 radical (unpaired) electrons. The quantitative estimate of drug-likeness (QED) is 0.498. The molecule has 0 spiro atoms. The minimum Gasteiger partial charge on any atom is -1.00 e. The number of Topliss-reactive ketones (excluding diaryl/α,β-unsaturated/α-hetero) is 2. The Kier molecular flexibility index (Phi) is 4.46. The fraction of sp³-hybridized carbons (Fsp3) is 0.133. The summed E-state index contributed by atoms with van der Waals surface area (Å²) < 4.78 is 1.51. The van der Waals surface area contributed by atoms with Crippen molar-refractivity contribution >= 4 is 17.5 Å². The van der Waals surface area contributed by atoms with Gasteiger partial charge >= 0.3 is 5.97 Å². The number of hydrogen-bond acceptors (Lipinski definition) is 4. The number of pyridine rings is 2. The van der Waals surface area contributed by atoms with E-state index < -0.39 is 17.5 Å². The van der Waals surface area contributed by atoms with Crippen molar-refractivity contribution in [3.8, 4) is 11.1 Å². The first kappa shape index (κ1) is 16.0. The zero-order chi connectivity index (χ0) is 15.0. The van der Waals surface area contributed by atoms with E-state index in [1.54, 1.807) is 30.5 Å². The van der Waals surface area contributed by atoms with Gasteiger partial charge in [-0.3, -0.25) is 19.4 Å². The maximum absolute atomic E-state index is 12.3. The van der Waals surface area contributed by atoms with Crippen LogP contribution in [0.25, 0.3) is 11.1 Å². The molecule has 0 aliphatic heterocycles. The molecule has 1 aliphatic rings. The number of aromatic nitrogens is 2. The van der Waals surface area contributed by atoms with Crippen molar-refractivity contribution in [2.24, 2.45) is 0 Å². The van der Waals surface area contributed by atoms with E-state index in [-0.39, 0.29) is 41.3 Å². The summed E-state index contributed by atoms with van der Waals surface area (Å²) in [5, 5.41) is 8.78. The number of aryl methyl sites for hydroxylation is 1. The van der Waals surface area contributed by atoms with Crippen molar-refractivity contribution in [1.82, 2.24) is 4.98 Å². The van der Waals surface area contributed by atoms with E-state index in [1.807, 2.05) is 0 Å². The van der Waals surface area contributed by atoms with E-state index in [4.69, 9.17) is 5.11 Å². The number of carboxylic acid groups (broad SMARTS) is 1. The fourth-order valence-electron chi connectivity index (χ4n) is 2.44. The van der Waals surface area contributed by atoms with E-state index in [0.717, 1.165) is 0 Å². The van der Waals surface area contributed by atoms with Crippen molar-refractivity contribution in [3.63, 3.8) is 0 Å². The van der Waals surface area contributed by atoms with Crippen molar-refractivity contribution in [1.29, 1.82) is 0 Å². The van der Waals surface area contributed by atoms with Crippen LogP contribution in [0.15, 0.2) is 36.7 Å². The van der Waals surface area contributed by atoms with Crippen LogP contribution in [0.3, 0.4) is 0 Å². The molecule has 6 nitrogen and oxygen atoms in total. The molecule has 0 saturated heterocycles. The van der Waals surface area contributed by atoms with Crippen molar-refractivity contribution in [3.05, 3.63) is 48.0 Å². The molecule has 0 fully saturated rings. The van der Waals surface area contributed by atoms with Crippen molar-refractivity contribution < 1.29 is 41.0 Å². The van der Waals surface area contributed by atoms with Crippen LogP contribution in [-0.2, 0) is 11.3 Å². The molecule has 3 rings (SSSR count). The molecule has 1 aliphatic carbocycles. The van der Waals surface area contributed by atoms with Gasteiger partial charge in [-0.05, 0) is 12.1 Å². The van der Waals surface area contributed by atoms with Crippen LogP contribution in [-0.4, -0.2) is 27.6 Å². The second-order valence-electron chi connectivity index (χ2n) is 4.67. The first-order valence-corrected chi connectivity index (χ1v) is 6.38. The Labute approximate surface area is 136 Å². The molecule has 2 aromatic rings. The highest BCUT2D eigenvalue weighted by Crippen LogP contribution is 2.29. The Morgan fingerprint density at radius 3 is 2.59 bits per heavy atom. The van der Waals surface area contributed by atoms with Crippen LogP contribution in [0.2, 0.25) is 0 Å². The Morgan fingerprint density at radius 1 is 1.14 bits per heavy atom. The Morgan fingerprint density at radius 2 is 1.86 bits per heavy atom. The molecular formula is C15H11BrN2O4. The van der Waals surface area contributed by atoms with Crippen molar-refractivity contribution in [2.45, 2.75) is 13.0 Å². The van der Waals surface area contributed by atoms with Gasteiger partial charge in [0, 0.05) is 17.8 Å². The molecule has 2 aromatic heterocycles. The van der Waals surface area contributed by atoms with Gasteiger partial charge in [-0.1, -0.05) is 6.07 Å². The number of fused-ring (bicyclic) bond motifs is 3. The highest BCUT2D eigenvalue weighted by molar-refractivity contribution is 6.51. The van der Waals surface area contributed by atoms with Crippen LogP contribution in [0.1, 0.15) is 27.4 Å². The summed E-state index contributed by atoms with van der Waals surface area (Å²) in [6.45, 7) is 0.132. The normalized spacial score (nSPS) is 12.2. The number of carbonyl (C=O) groups excluding carboxylic acids is 2. The zero-order valence-corrected chi connectivity index (χ0v) is 12.9. The SMILES string of the molecule is O=C(O)CC[n+]1cccc2c1C(=O)C(=O)c1ncccc1-2.[Br-]. The second kappa shape index (κ2) is 6.15. The number of carbonyl (C=O) groups is 3. The number of nitrogens with zero attached hydrogens (tertiary/aromatic N) is 2. The third-order valence-electron chi connectivity index (χ3n) is 3.37. The lowest BCUT2D eigenvalue weighted by Crippen LogP contribution is -3.00. The van der Waals surface area contributed by atoms with Gasteiger partial charge < -0.3 is 22.1 Å². The van der Waals surface area contributed by atoms with Crippen molar-refractivity contribution in [2.75, 3.05) is 0 Å². The van der Waals surface area contributed by atoms with Gasteiger partial charge in [-0.15, -0.1) is 0 Å². The van der Waals surface area contributed by atoms with Crippen LogP contribution in [0.5, 0.6) is 0 Å². The second-order valence-corrected chi connectivity index (χ2v) is 4.67. The van der Waals surface area contributed by atoms with E-state index in [9.17, 15) is 14.4 Å². The molecule has 0 bridgehead atoms. The molecule has 0 saturated carbocycles. The Bertz CT molecular complexity index is 789. The van der Waals surface area contributed by atoms with Gasteiger partial charge in [0.05, 0.1) is 5.56 Å². The molecule has 2 heterocycles. The van der Waals surface area contributed by atoms with Gasteiger partial charge in [0.25, 0.3) is 17.3 Å². The van der Waals surface area contributed by atoms with Crippen LogP contribution in [0.4, 0.5) is 0 Å². The molecule has 0 atom stereocenters. The lowest BCUT2D eigenvalue weighted by atomic mass is 9.90. The summed E-state index contributed by atoms with van der Waals surface area (Å²) in [4.78, 5) is 39.1. The first-order chi connectivity index (χ1) is 10.1. The summed E-state index contributed by atoms with van der Waals surface area (Å²) in [5.41, 5.74) is 1.58. The highest BCUT2D eigenvalue weighted by Gasteiger charge is 2.38. The molecule has 7 heteroatoms. The average Bonchev–Trinajstić information content (AvgIpc) is 2.50. The number of rotatable bonds is 3. The zero-order valence-electron chi connectivity index (χ0n) is 11.3. The number of carboxylic acids is 1. The molecule has 0 aromatic carbocycles. The fourth-order valence-corrected chi connectivity index (χ4v) is 2.44. The summed E-state index contributed by atoms with van der Waals surface area (Å²) in [7, 11) is 0. The van der Waals surface area contributed by atoms with E-state index in [2.05, 4.69) is 4.98 Å². The number of hydrogen-bond donors (Lipinski definition) is 1. The summed E-state index contributed by atoms with van der Waals surface area (Å²) in [6.07, 6.45) is 2.95. The van der Waals surface area contributed by atoms with Crippen LogP contribution >= 0.6 is 0 Å². The van der Waals surface area contributed by atoms with E-state index in [0.29, 0.717) is 11.1 Å². The van der Waals surface area contributed by atoms with Gasteiger partial charge in [-0.2, -0.15) is 4.57 Å². The predicted molar refractivity (Wildman–Crippen MR) is 70.8 cm³/mol. The lowest BCUT2D eigenvalue weighted by molar-refractivity contribution is -0.697. The lowest BCUT2D eigenvalue weighted by Gasteiger charge is -2.14. The molecular weight excluding hydrogens is 352 g/mol. The smallest absolute Gasteiger partial charge is 0.309 e. The maximum atomic E-state index is 12.3. The minimum absolute atomic E-state index is 0. The maximum Gasteiger partial charge on any atom is 0.309 e. The summed E-state index contributed by atoms with van der Waals surface area (Å²) in [6, 6.07) is 6.88. The monoisotopic (exact) mass is 362 g/mol. The number of ketones is 2. The van der Waals surface area contributed by atoms with Gasteiger partial charge in [0.1, 0.15) is 12.1 Å². The summed E-state index contributed by atoms with van der Waals surface area (Å²) in [5.74, 6) is -2.27. The number of halogens is 1. The minimum atomic E-state index is -0.961. The highest BCUT2D eigenvalue weighted by atomic mass is 79.9. The Balaban J connectivity index is 0.00000176. The molecule has 22 heavy (non-hydrogen) atoms. The third kappa shape index (κ3) is 2.55. The van der Waals surface area contributed by atoms with Gasteiger partial charge in [-0.25, -0.2) is 0 Å². The number of aliphatic carboxylic acids is 1. The third-order valence-corrected chi connectivity index (χ3v) is 3.37. The van der Waals surface area contributed by atoms with Gasteiger partial charge in [0.2, 0.25) is 0 Å². The van der Waals surface area contributed by atoms with Crippen LogP contribution < -0.4 is 21.5 Å². The molecule has 112 valence electrons. The van der Waals surface area contributed by atoms with Crippen LogP contribution in [0, 0.1) is 0 Å². The van der Waals surface area contributed by atoms with E-state index in [1.165, 1.54) is 10.8 Å². The molecule has 0 amide bonds. The summed E-state index contributed by atoms with van der Waals surface area (Å²) >= 11 is 0. The standard InChI is InChI=1S/C15H10N2O4.BrH/c18-11(19)5-8-17-7-2-4-10-9-3-1-6-16-12(9)14(20)15(21)13(10)17;/h1-4,6-7H,5,8H2;1H. The average molecular weight is 363 g/mol. The largest absolute Gasteiger partial charge is 1.00 e. The topological polar surface area (TPSA) is 88.2 Å². The first-order valence-electron chi connectivity index (χ1n) is 6.38. The Hall–Kier alpha value is -2.41.